The Balaban J connectivity index is 2.19. The lowest BCUT2D eigenvalue weighted by Crippen LogP contribution is -2.21. The van der Waals surface area contributed by atoms with E-state index in [0.717, 1.165) is 16.9 Å². The molecule has 0 spiro atoms. The molecule has 2 rings (SSSR count). The summed E-state index contributed by atoms with van der Waals surface area (Å²) in [5, 5.41) is 10.7. The largest absolute Gasteiger partial charge is 0.542 e. The van der Waals surface area contributed by atoms with E-state index in [2.05, 4.69) is 32.9 Å². The Morgan fingerprint density at radius 3 is 2.52 bits per heavy atom. The van der Waals surface area contributed by atoms with Crippen LogP contribution in [0.1, 0.15) is 48.2 Å². The number of benzene rings is 1. The molecule has 0 atom stereocenters. The number of aromatic carboxylic acids is 1. The molecular formula is C17H19O4-. The quantitative estimate of drug-likeness (QED) is 0.867. The first-order valence-electron chi connectivity index (χ1n) is 6.81. The summed E-state index contributed by atoms with van der Waals surface area (Å²) in [6, 6.07) is 9.03. The Kier molecular flexibility index (Phi) is 4.07. The van der Waals surface area contributed by atoms with Gasteiger partial charge in [-0.3, -0.25) is 0 Å². The van der Waals surface area contributed by atoms with Crippen molar-refractivity contribution in [3.8, 4) is 5.75 Å². The smallest absolute Gasteiger partial charge is 0.149 e. The summed E-state index contributed by atoms with van der Waals surface area (Å²) in [5.41, 5.74) is 2.16. The van der Waals surface area contributed by atoms with E-state index in [0.29, 0.717) is 5.76 Å². The maximum atomic E-state index is 10.7. The van der Waals surface area contributed by atoms with Gasteiger partial charge in [0.15, 0.2) is 0 Å². The van der Waals surface area contributed by atoms with E-state index >= 15 is 0 Å². The summed E-state index contributed by atoms with van der Waals surface area (Å²) in [4.78, 5) is 10.7. The van der Waals surface area contributed by atoms with Crippen molar-refractivity contribution in [2.75, 3.05) is 0 Å². The van der Waals surface area contributed by atoms with Gasteiger partial charge in [0.1, 0.15) is 29.8 Å². The fourth-order valence-corrected chi connectivity index (χ4v) is 2.08. The molecule has 2 aromatic rings. The lowest BCUT2D eigenvalue weighted by Gasteiger charge is -2.23. The molecule has 21 heavy (non-hydrogen) atoms. The summed E-state index contributed by atoms with van der Waals surface area (Å²) in [7, 11) is 0. The maximum Gasteiger partial charge on any atom is 0.149 e. The zero-order valence-corrected chi connectivity index (χ0v) is 12.7. The molecule has 1 aromatic carbocycles. The van der Waals surface area contributed by atoms with Crippen molar-refractivity contribution in [1.82, 2.24) is 0 Å². The van der Waals surface area contributed by atoms with Gasteiger partial charge in [-0.2, -0.15) is 0 Å². The van der Waals surface area contributed by atoms with E-state index in [1.807, 2.05) is 13.0 Å². The number of hydrogen-bond donors (Lipinski definition) is 0. The first-order chi connectivity index (χ1) is 9.77. The number of carboxylic acid groups (broad SMARTS) is 1. The van der Waals surface area contributed by atoms with Crippen LogP contribution in [-0.4, -0.2) is 5.97 Å². The second-order valence-corrected chi connectivity index (χ2v) is 6.09. The van der Waals surface area contributed by atoms with E-state index in [4.69, 9.17) is 9.15 Å². The predicted molar refractivity (Wildman–Crippen MR) is 77.2 cm³/mol. The van der Waals surface area contributed by atoms with Crippen LogP contribution in [0.25, 0.3) is 0 Å². The number of ether oxygens (including phenoxy) is 1. The summed E-state index contributed by atoms with van der Waals surface area (Å²) >= 11 is 0. The average molecular weight is 287 g/mol. The van der Waals surface area contributed by atoms with E-state index in [9.17, 15) is 9.90 Å². The van der Waals surface area contributed by atoms with Crippen molar-refractivity contribution in [2.45, 2.75) is 39.7 Å². The van der Waals surface area contributed by atoms with Crippen LogP contribution in [0.5, 0.6) is 5.75 Å². The zero-order valence-electron chi connectivity index (χ0n) is 12.7. The topological polar surface area (TPSA) is 62.5 Å². The molecule has 0 N–H and O–H groups in total. The van der Waals surface area contributed by atoms with Crippen molar-refractivity contribution in [3.05, 3.63) is 53.0 Å². The van der Waals surface area contributed by atoms with Gasteiger partial charge >= 0.3 is 0 Å². The highest BCUT2D eigenvalue weighted by atomic mass is 16.5. The van der Waals surface area contributed by atoms with Gasteiger partial charge < -0.3 is 19.1 Å². The minimum Gasteiger partial charge on any atom is -0.542 e. The number of carbonyl (C=O) groups excluding carboxylic acids is 1. The van der Waals surface area contributed by atoms with Crippen molar-refractivity contribution in [2.24, 2.45) is 0 Å². The molecule has 0 unspecified atom stereocenters. The molecule has 0 fully saturated rings. The highest BCUT2D eigenvalue weighted by Crippen LogP contribution is 2.32. The average Bonchev–Trinajstić information content (AvgIpc) is 2.83. The number of carboxylic acids is 1. The van der Waals surface area contributed by atoms with Crippen LogP contribution in [0.3, 0.4) is 0 Å². The molecule has 0 aliphatic carbocycles. The first-order valence-corrected chi connectivity index (χ1v) is 6.81. The van der Waals surface area contributed by atoms with E-state index in [-0.39, 0.29) is 17.8 Å². The first kappa shape index (κ1) is 15.2. The lowest BCUT2D eigenvalue weighted by atomic mass is 9.86. The molecule has 0 amide bonds. The highest BCUT2D eigenvalue weighted by molar-refractivity contribution is 5.82. The third kappa shape index (κ3) is 3.66. The summed E-state index contributed by atoms with van der Waals surface area (Å²) in [5.74, 6) is -0.273. The molecule has 0 bridgehead atoms. The predicted octanol–water partition coefficient (Wildman–Crippen LogP) is 2.83. The van der Waals surface area contributed by atoms with Gasteiger partial charge in [-0.1, -0.05) is 32.9 Å². The number of furan rings is 1. The third-order valence-corrected chi connectivity index (χ3v) is 3.18. The maximum absolute atomic E-state index is 10.7. The van der Waals surface area contributed by atoms with Crippen LogP contribution in [0.15, 0.2) is 34.7 Å². The SMILES string of the molecule is Cc1ccc(C(C)(C)C)c(OCc2ccc(C(=O)[O-])o2)c1. The Morgan fingerprint density at radius 2 is 1.95 bits per heavy atom. The zero-order chi connectivity index (χ0) is 15.6. The third-order valence-electron chi connectivity index (χ3n) is 3.18. The normalized spacial score (nSPS) is 11.4. The molecule has 0 radical (unpaired) electrons. The fraction of sp³-hybridized carbons (Fsp3) is 0.353. The second-order valence-electron chi connectivity index (χ2n) is 6.09. The van der Waals surface area contributed by atoms with Gasteiger partial charge in [-0.15, -0.1) is 0 Å². The van der Waals surface area contributed by atoms with E-state index in [1.54, 1.807) is 6.07 Å². The monoisotopic (exact) mass is 287 g/mol. The molecule has 0 aliphatic rings. The molecule has 1 aromatic heterocycles. The molecular weight excluding hydrogens is 268 g/mol. The Morgan fingerprint density at radius 1 is 1.24 bits per heavy atom. The van der Waals surface area contributed by atoms with Crippen molar-refractivity contribution in [1.29, 1.82) is 0 Å². The van der Waals surface area contributed by atoms with Gasteiger partial charge in [-0.25, -0.2) is 0 Å². The second kappa shape index (κ2) is 5.64. The minimum atomic E-state index is -1.33. The summed E-state index contributed by atoms with van der Waals surface area (Å²) < 4.78 is 11.0. The number of hydrogen-bond acceptors (Lipinski definition) is 4. The lowest BCUT2D eigenvalue weighted by molar-refractivity contribution is -0.257. The number of carbonyl (C=O) groups is 1. The van der Waals surface area contributed by atoms with Crippen LogP contribution in [-0.2, 0) is 12.0 Å². The standard InChI is InChI=1S/C17H20O4/c1-11-5-7-13(17(2,3)4)15(9-11)20-10-12-6-8-14(21-12)16(18)19/h5-9H,10H2,1-4H3,(H,18,19)/p-1. The van der Waals surface area contributed by atoms with Gasteiger partial charge in [0, 0.05) is 0 Å². The number of aryl methyl sites for hydroxylation is 1. The van der Waals surface area contributed by atoms with Crippen molar-refractivity contribution >= 4 is 5.97 Å². The number of rotatable bonds is 4. The summed E-state index contributed by atoms with van der Waals surface area (Å²) in [6.45, 7) is 8.53. The molecule has 1 heterocycles. The molecule has 0 saturated carbocycles. The van der Waals surface area contributed by atoms with Crippen LogP contribution in [0, 0.1) is 6.92 Å². The fourth-order valence-electron chi connectivity index (χ4n) is 2.08. The minimum absolute atomic E-state index is 0.0393. The van der Waals surface area contributed by atoms with E-state index in [1.165, 1.54) is 6.07 Å². The molecule has 4 heteroatoms. The van der Waals surface area contributed by atoms with Gasteiger partial charge in [0.25, 0.3) is 0 Å². The molecule has 4 nitrogen and oxygen atoms in total. The Labute approximate surface area is 124 Å². The molecule has 112 valence electrons. The van der Waals surface area contributed by atoms with Gasteiger partial charge in [0.05, 0.1) is 0 Å². The van der Waals surface area contributed by atoms with Crippen LogP contribution in [0.2, 0.25) is 0 Å². The Bertz CT molecular complexity index is 647. The molecule has 0 aliphatic heterocycles. The van der Waals surface area contributed by atoms with Gasteiger partial charge in [-0.05, 0) is 41.7 Å². The summed E-state index contributed by atoms with van der Waals surface area (Å²) in [6.07, 6.45) is 0. The van der Waals surface area contributed by atoms with Crippen molar-refractivity contribution < 1.29 is 19.1 Å². The van der Waals surface area contributed by atoms with Crippen LogP contribution >= 0.6 is 0 Å². The van der Waals surface area contributed by atoms with Crippen molar-refractivity contribution in [3.63, 3.8) is 0 Å². The van der Waals surface area contributed by atoms with Crippen LogP contribution in [0.4, 0.5) is 0 Å². The van der Waals surface area contributed by atoms with E-state index < -0.39 is 5.97 Å². The van der Waals surface area contributed by atoms with Gasteiger partial charge in [0.2, 0.25) is 0 Å². The molecule has 0 saturated heterocycles. The highest BCUT2D eigenvalue weighted by Gasteiger charge is 2.19. The Hall–Kier alpha value is -2.23. The van der Waals surface area contributed by atoms with Crippen LogP contribution < -0.4 is 9.84 Å².